The molecule has 3 aromatic carbocycles. The minimum Gasteiger partial charge on any atom is -0.377 e. The Hall–Kier alpha value is -4.06. The number of hydrogen-bond acceptors (Lipinski definition) is 4. The van der Waals surface area contributed by atoms with Gasteiger partial charge in [-0.15, -0.1) is 0 Å². The number of benzene rings is 3. The minimum atomic E-state index is -0.256. The van der Waals surface area contributed by atoms with Crippen molar-refractivity contribution in [1.82, 2.24) is 14.5 Å². The molecule has 0 saturated carbocycles. The lowest BCUT2D eigenvalue weighted by Crippen LogP contribution is -2.38. The maximum Gasteiger partial charge on any atom is 0.138 e. The fourth-order valence-corrected chi connectivity index (χ4v) is 4.90. The highest BCUT2D eigenvalue weighted by Crippen LogP contribution is 2.34. The predicted molar refractivity (Wildman–Crippen MR) is 151 cm³/mol. The van der Waals surface area contributed by atoms with Gasteiger partial charge >= 0.3 is 0 Å². The summed E-state index contributed by atoms with van der Waals surface area (Å²) >= 11 is 0. The first-order valence-corrected chi connectivity index (χ1v) is 12.8. The van der Waals surface area contributed by atoms with Crippen molar-refractivity contribution in [2.75, 3.05) is 17.2 Å². The van der Waals surface area contributed by atoms with Crippen molar-refractivity contribution in [2.24, 2.45) is 0 Å². The first kappa shape index (κ1) is 24.6. The number of anilines is 3. The third-order valence-corrected chi connectivity index (χ3v) is 7.15. The number of rotatable bonds is 7. The minimum absolute atomic E-state index is 0.0723. The Kier molecular flexibility index (Phi) is 6.74. The molecule has 1 aliphatic heterocycles. The molecule has 1 aliphatic rings. The number of aromatic nitrogens is 2. The van der Waals surface area contributed by atoms with Crippen LogP contribution >= 0.6 is 0 Å². The molecule has 0 bridgehead atoms. The van der Waals surface area contributed by atoms with E-state index in [1.807, 2.05) is 0 Å². The molecule has 0 spiro atoms. The summed E-state index contributed by atoms with van der Waals surface area (Å²) in [6, 6.07) is 21.3. The van der Waals surface area contributed by atoms with Gasteiger partial charge in [-0.25, -0.2) is 9.37 Å². The Morgan fingerprint density at radius 2 is 1.62 bits per heavy atom. The molecule has 1 aromatic heterocycles. The predicted octanol–water partition coefficient (Wildman–Crippen LogP) is 7.19. The van der Waals surface area contributed by atoms with Crippen LogP contribution in [0, 0.1) is 26.6 Å². The first-order valence-electron chi connectivity index (χ1n) is 12.8. The summed E-state index contributed by atoms with van der Waals surface area (Å²) in [6.45, 7) is 15.2. The van der Waals surface area contributed by atoms with E-state index in [1.54, 1.807) is 12.1 Å². The highest BCUT2D eigenvalue weighted by atomic mass is 19.1. The SMILES string of the molecule is C=C(C(C)Nc1c(C)cccc1C)N1CCn2c(nc(-c3ccc(F)cc3)c2Nc2ccc(C)cc2)C1. The number of para-hydroxylation sites is 1. The highest BCUT2D eigenvalue weighted by molar-refractivity contribution is 5.76. The molecule has 5 rings (SSSR count). The second-order valence-electron chi connectivity index (χ2n) is 9.92. The van der Waals surface area contributed by atoms with Crippen LogP contribution in [-0.2, 0) is 13.1 Å². The third-order valence-electron chi connectivity index (χ3n) is 7.15. The number of halogens is 1. The summed E-state index contributed by atoms with van der Waals surface area (Å²) in [7, 11) is 0. The third kappa shape index (κ3) is 5.10. The molecular weight excluding hydrogens is 461 g/mol. The Balaban J connectivity index is 1.42. The Morgan fingerprint density at radius 1 is 0.946 bits per heavy atom. The maximum absolute atomic E-state index is 13.7. The van der Waals surface area contributed by atoms with Crippen molar-refractivity contribution in [2.45, 2.75) is 46.8 Å². The van der Waals surface area contributed by atoms with Crippen molar-refractivity contribution < 1.29 is 4.39 Å². The molecule has 2 heterocycles. The van der Waals surface area contributed by atoms with Crippen molar-refractivity contribution in [3.8, 4) is 11.3 Å². The molecule has 0 aliphatic carbocycles. The monoisotopic (exact) mass is 495 g/mol. The zero-order valence-electron chi connectivity index (χ0n) is 22.0. The first-order chi connectivity index (χ1) is 17.8. The molecule has 0 amide bonds. The normalized spacial score (nSPS) is 13.7. The van der Waals surface area contributed by atoms with Crippen LogP contribution in [0.3, 0.4) is 0 Å². The van der Waals surface area contributed by atoms with E-state index in [-0.39, 0.29) is 11.9 Å². The summed E-state index contributed by atoms with van der Waals surface area (Å²) in [4.78, 5) is 7.35. The van der Waals surface area contributed by atoms with Crippen LogP contribution in [0.25, 0.3) is 11.3 Å². The number of hydrogen-bond donors (Lipinski definition) is 2. The van der Waals surface area contributed by atoms with Crippen LogP contribution < -0.4 is 10.6 Å². The molecule has 4 aromatic rings. The zero-order valence-corrected chi connectivity index (χ0v) is 22.0. The van der Waals surface area contributed by atoms with Crippen molar-refractivity contribution in [1.29, 1.82) is 0 Å². The van der Waals surface area contributed by atoms with Gasteiger partial charge < -0.3 is 20.1 Å². The fourth-order valence-electron chi connectivity index (χ4n) is 4.90. The van der Waals surface area contributed by atoms with Crippen LogP contribution in [0.1, 0.15) is 29.4 Å². The van der Waals surface area contributed by atoms with Gasteiger partial charge in [-0.3, -0.25) is 0 Å². The number of nitrogens with one attached hydrogen (secondary N) is 2. The Bertz CT molecular complexity index is 1400. The van der Waals surface area contributed by atoms with Crippen LogP contribution in [0.5, 0.6) is 0 Å². The Labute approximate surface area is 218 Å². The molecule has 0 saturated heterocycles. The van der Waals surface area contributed by atoms with E-state index in [0.29, 0.717) is 6.54 Å². The van der Waals surface area contributed by atoms with E-state index >= 15 is 0 Å². The van der Waals surface area contributed by atoms with Crippen LogP contribution in [0.15, 0.2) is 79.0 Å². The van der Waals surface area contributed by atoms with E-state index in [4.69, 9.17) is 4.98 Å². The number of imidazole rings is 1. The lowest BCUT2D eigenvalue weighted by atomic mass is 10.1. The van der Waals surface area contributed by atoms with Gasteiger partial charge in [0.25, 0.3) is 0 Å². The van der Waals surface area contributed by atoms with Gasteiger partial charge in [0.1, 0.15) is 23.2 Å². The highest BCUT2D eigenvalue weighted by Gasteiger charge is 2.27. The van der Waals surface area contributed by atoms with E-state index in [9.17, 15) is 4.39 Å². The van der Waals surface area contributed by atoms with Gasteiger partial charge in [0.05, 0.1) is 12.6 Å². The molecule has 0 fully saturated rings. The Morgan fingerprint density at radius 3 is 2.30 bits per heavy atom. The van der Waals surface area contributed by atoms with Gasteiger partial charge in [-0.2, -0.15) is 0 Å². The number of nitrogens with zero attached hydrogens (tertiary/aromatic N) is 3. The van der Waals surface area contributed by atoms with E-state index in [2.05, 4.69) is 96.8 Å². The average Bonchev–Trinajstić information content (AvgIpc) is 3.25. The van der Waals surface area contributed by atoms with Crippen LogP contribution in [-0.4, -0.2) is 27.0 Å². The number of aryl methyl sites for hydroxylation is 3. The van der Waals surface area contributed by atoms with Crippen molar-refractivity contribution >= 4 is 17.2 Å². The summed E-state index contributed by atoms with van der Waals surface area (Å²) < 4.78 is 15.9. The lowest BCUT2D eigenvalue weighted by molar-refractivity contribution is 0.265. The molecule has 1 atom stereocenters. The smallest absolute Gasteiger partial charge is 0.138 e. The zero-order chi connectivity index (χ0) is 26.1. The molecule has 5 nitrogen and oxygen atoms in total. The van der Waals surface area contributed by atoms with Crippen LogP contribution in [0.2, 0.25) is 0 Å². The summed E-state index contributed by atoms with van der Waals surface area (Å²) in [5.74, 6) is 1.63. The second kappa shape index (κ2) is 10.1. The lowest BCUT2D eigenvalue weighted by Gasteiger charge is -2.35. The quantitative estimate of drug-likeness (QED) is 0.285. The summed E-state index contributed by atoms with van der Waals surface area (Å²) in [5.41, 5.74) is 8.56. The van der Waals surface area contributed by atoms with Crippen LogP contribution in [0.4, 0.5) is 21.6 Å². The van der Waals surface area contributed by atoms with Crippen molar-refractivity contribution in [3.05, 3.63) is 107 Å². The molecule has 1 unspecified atom stereocenters. The van der Waals surface area contributed by atoms with Gasteiger partial charge in [0.2, 0.25) is 0 Å². The molecule has 6 heteroatoms. The molecule has 0 radical (unpaired) electrons. The number of fused-ring (bicyclic) bond motifs is 1. The molecule has 2 N–H and O–H groups in total. The molecular formula is C31H34FN5. The van der Waals surface area contributed by atoms with Gasteiger partial charge in [-0.1, -0.05) is 42.5 Å². The average molecular weight is 496 g/mol. The van der Waals surface area contributed by atoms with Gasteiger partial charge in [-0.05, 0) is 75.2 Å². The maximum atomic E-state index is 13.7. The summed E-state index contributed by atoms with van der Waals surface area (Å²) in [6.07, 6.45) is 0. The van der Waals surface area contributed by atoms with Gasteiger partial charge in [0.15, 0.2) is 0 Å². The van der Waals surface area contributed by atoms with E-state index in [0.717, 1.165) is 53.1 Å². The van der Waals surface area contributed by atoms with Crippen molar-refractivity contribution in [3.63, 3.8) is 0 Å². The topological polar surface area (TPSA) is 45.1 Å². The molecule has 37 heavy (non-hydrogen) atoms. The second-order valence-corrected chi connectivity index (χ2v) is 9.92. The van der Waals surface area contributed by atoms with E-state index < -0.39 is 0 Å². The summed E-state index contributed by atoms with van der Waals surface area (Å²) in [5, 5.41) is 7.25. The standard InChI is InChI=1S/C31H34FN5/c1-20-9-15-27(16-10-20)34-31-30(25-11-13-26(32)14-12-25)35-28-19-36(17-18-37(28)31)24(5)23(4)33-29-21(2)7-6-8-22(29)3/h6-16,23,33-34H,5,17-19H2,1-4H3. The van der Waals surface area contributed by atoms with E-state index in [1.165, 1.54) is 28.8 Å². The fraction of sp³-hybridized carbons (Fsp3) is 0.258. The largest absolute Gasteiger partial charge is 0.377 e. The molecule has 190 valence electrons. The van der Waals surface area contributed by atoms with Gasteiger partial charge in [0, 0.05) is 35.7 Å².